The van der Waals surface area contributed by atoms with E-state index in [9.17, 15) is 0 Å². The van der Waals surface area contributed by atoms with Crippen molar-refractivity contribution < 1.29 is 4.74 Å². The highest BCUT2D eigenvalue weighted by Crippen LogP contribution is 2.26. The van der Waals surface area contributed by atoms with Crippen molar-refractivity contribution in [2.75, 3.05) is 32.8 Å². The van der Waals surface area contributed by atoms with Crippen molar-refractivity contribution in [3.63, 3.8) is 0 Å². The van der Waals surface area contributed by atoms with E-state index in [1.54, 1.807) is 0 Å². The molecule has 1 aromatic rings. The van der Waals surface area contributed by atoms with Crippen LogP contribution < -0.4 is 0 Å². The topological polar surface area (TPSA) is 15.7 Å². The fourth-order valence-corrected chi connectivity index (χ4v) is 4.25. The van der Waals surface area contributed by atoms with Crippen molar-refractivity contribution in [1.29, 1.82) is 0 Å². The standard InChI is InChI=1S/C16H24N2OS/c1-3-8-19-15-9-14-10-17(6-7-18(14)11-15)12-16-5-4-13(2)20-16/h3-5,14-15H,1,6-12H2,2H3/t14-,15-/m1/s1. The zero-order chi connectivity index (χ0) is 13.9. The maximum Gasteiger partial charge on any atom is 0.0721 e. The molecule has 0 aliphatic carbocycles. The van der Waals surface area contributed by atoms with Gasteiger partial charge in [-0.3, -0.25) is 9.80 Å². The summed E-state index contributed by atoms with van der Waals surface area (Å²) >= 11 is 1.93. The average Bonchev–Trinajstić information content (AvgIpc) is 3.02. The molecule has 0 bridgehead atoms. The number of rotatable bonds is 5. The minimum absolute atomic E-state index is 0.405. The third kappa shape index (κ3) is 3.31. The van der Waals surface area contributed by atoms with E-state index in [4.69, 9.17) is 4.74 Å². The van der Waals surface area contributed by atoms with E-state index in [1.165, 1.54) is 35.8 Å². The first-order valence-electron chi connectivity index (χ1n) is 7.49. The molecule has 2 atom stereocenters. The SMILES string of the molecule is C=CCO[C@@H]1C[C@@H]2CN(Cc3ccc(C)s3)CCN2C1. The predicted molar refractivity (Wildman–Crippen MR) is 84.2 cm³/mol. The van der Waals surface area contributed by atoms with Crippen LogP contribution in [-0.4, -0.2) is 54.7 Å². The summed E-state index contributed by atoms with van der Waals surface area (Å²) in [5.41, 5.74) is 0. The fourth-order valence-electron chi connectivity index (χ4n) is 3.32. The van der Waals surface area contributed by atoms with Gasteiger partial charge in [0.2, 0.25) is 0 Å². The second-order valence-electron chi connectivity index (χ2n) is 5.88. The van der Waals surface area contributed by atoms with Crippen LogP contribution in [-0.2, 0) is 11.3 Å². The lowest BCUT2D eigenvalue weighted by molar-refractivity contribution is 0.0760. The first-order valence-corrected chi connectivity index (χ1v) is 8.30. The lowest BCUT2D eigenvalue weighted by Gasteiger charge is -2.37. The number of fused-ring (bicyclic) bond motifs is 1. The largest absolute Gasteiger partial charge is 0.373 e. The van der Waals surface area contributed by atoms with Crippen molar-refractivity contribution in [1.82, 2.24) is 9.80 Å². The second kappa shape index (κ2) is 6.39. The van der Waals surface area contributed by atoms with E-state index in [1.807, 2.05) is 17.4 Å². The van der Waals surface area contributed by atoms with Gasteiger partial charge in [0.25, 0.3) is 0 Å². The summed E-state index contributed by atoms with van der Waals surface area (Å²) in [4.78, 5) is 8.11. The number of nitrogens with zero attached hydrogens (tertiary/aromatic N) is 2. The minimum atomic E-state index is 0.405. The molecule has 2 fully saturated rings. The van der Waals surface area contributed by atoms with Crippen LogP contribution in [0.25, 0.3) is 0 Å². The highest BCUT2D eigenvalue weighted by molar-refractivity contribution is 7.11. The molecule has 2 aliphatic rings. The van der Waals surface area contributed by atoms with Gasteiger partial charge in [-0.1, -0.05) is 6.08 Å². The Morgan fingerprint density at radius 2 is 2.30 bits per heavy atom. The molecule has 0 saturated carbocycles. The summed E-state index contributed by atoms with van der Waals surface area (Å²) < 4.78 is 5.82. The first-order chi connectivity index (χ1) is 9.74. The maximum atomic E-state index is 5.82. The number of ether oxygens (including phenoxy) is 1. The predicted octanol–water partition coefficient (Wildman–Crippen LogP) is 2.52. The molecule has 2 saturated heterocycles. The Kier molecular flexibility index (Phi) is 4.56. The van der Waals surface area contributed by atoms with Crippen LogP contribution in [0.1, 0.15) is 16.2 Å². The number of hydrogen-bond donors (Lipinski definition) is 0. The van der Waals surface area contributed by atoms with Crippen LogP contribution in [0.4, 0.5) is 0 Å². The second-order valence-corrected chi connectivity index (χ2v) is 7.25. The van der Waals surface area contributed by atoms with Gasteiger partial charge in [0.15, 0.2) is 0 Å². The van der Waals surface area contributed by atoms with Crippen molar-refractivity contribution in [2.24, 2.45) is 0 Å². The van der Waals surface area contributed by atoms with Gasteiger partial charge in [-0.15, -0.1) is 17.9 Å². The number of thiophene rings is 1. The van der Waals surface area contributed by atoms with Gasteiger partial charge in [-0.05, 0) is 25.5 Å². The summed E-state index contributed by atoms with van der Waals surface area (Å²) in [6.45, 7) is 12.4. The van der Waals surface area contributed by atoms with Crippen molar-refractivity contribution in [3.8, 4) is 0 Å². The summed E-state index contributed by atoms with van der Waals surface area (Å²) in [6.07, 6.45) is 3.43. The van der Waals surface area contributed by atoms with Gasteiger partial charge in [0, 0.05) is 48.5 Å². The summed E-state index contributed by atoms with van der Waals surface area (Å²) in [5.74, 6) is 0. The van der Waals surface area contributed by atoms with Gasteiger partial charge >= 0.3 is 0 Å². The Labute approximate surface area is 125 Å². The Hall–Kier alpha value is -0.680. The summed E-state index contributed by atoms with van der Waals surface area (Å²) in [7, 11) is 0. The highest BCUT2D eigenvalue weighted by atomic mass is 32.1. The van der Waals surface area contributed by atoms with Crippen LogP contribution in [0.5, 0.6) is 0 Å². The molecule has 0 amide bonds. The van der Waals surface area contributed by atoms with Crippen molar-refractivity contribution in [2.45, 2.75) is 32.0 Å². The van der Waals surface area contributed by atoms with Crippen LogP contribution in [0.3, 0.4) is 0 Å². The molecule has 0 unspecified atom stereocenters. The molecule has 3 rings (SSSR count). The molecule has 3 nitrogen and oxygen atoms in total. The molecule has 3 heterocycles. The molecule has 0 radical (unpaired) electrons. The lowest BCUT2D eigenvalue weighted by atomic mass is 10.1. The molecule has 2 aliphatic heterocycles. The maximum absolute atomic E-state index is 5.82. The van der Waals surface area contributed by atoms with Crippen LogP contribution in [0.15, 0.2) is 24.8 Å². The van der Waals surface area contributed by atoms with Crippen LogP contribution in [0.2, 0.25) is 0 Å². The third-order valence-corrected chi connectivity index (χ3v) is 5.27. The van der Waals surface area contributed by atoms with Gasteiger partial charge in [-0.25, -0.2) is 0 Å². The molecule has 1 aromatic heterocycles. The van der Waals surface area contributed by atoms with E-state index >= 15 is 0 Å². The first kappa shape index (κ1) is 14.3. The van der Waals surface area contributed by atoms with Crippen molar-refractivity contribution in [3.05, 3.63) is 34.5 Å². The van der Waals surface area contributed by atoms with Crippen molar-refractivity contribution >= 4 is 11.3 Å². The Morgan fingerprint density at radius 1 is 1.40 bits per heavy atom. The molecule has 0 N–H and O–H groups in total. The molecular weight excluding hydrogens is 268 g/mol. The van der Waals surface area contributed by atoms with Crippen LogP contribution >= 0.6 is 11.3 Å². The van der Waals surface area contributed by atoms with Gasteiger partial charge in [0.05, 0.1) is 12.7 Å². The fraction of sp³-hybridized carbons (Fsp3) is 0.625. The van der Waals surface area contributed by atoms with Gasteiger partial charge < -0.3 is 4.74 Å². The normalized spacial score (nSPS) is 27.6. The number of hydrogen-bond acceptors (Lipinski definition) is 4. The quantitative estimate of drug-likeness (QED) is 0.776. The Bertz CT molecular complexity index is 459. The van der Waals surface area contributed by atoms with E-state index in [-0.39, 0.29) is 0 Å². The Morgan fingerprint density at radius 3 is 3.05 bits per heavy atom. The van der Waals surface area contributed by atoms with Gasteiger partial charge in [-0.2, -0.15) is 0 Å². The number of aryl methyl sites for hydroxylation is 1. The summed E-state index contributed by atoms with van der Waals surface area (Å²) in [5, 5.41) is 0. The molecule has 0 aromatic carbocycles. The van der Waals surface area contributed by atoms with Crippen LogP contribution in [0, 0.1) is 6.92 Å². The van der Waals surface area contributed by atoms with E-state index in [2.05, 4.69) is 35.4 Å². The van der Waals surface area contributed by atoms with Gasteiger partial charge in [0.1, 0.15) is 0 Å². The smallest absolute Gasteiger partial charge is 0.0721 e. The molecular formula is C16H24N2OS. The lowest BCUT2D eigenvalue weighted by Crippen LogP contribution is -2.49. The van der Waals surface area contributed by atoms with E-state index in [0.717, 1.165) is 13.1 Å². The zero-order valence-corrected chi connectivity index (χ0v) is 13.1. The highest BCUT2D eigenvalue weighted by Gasteiger charge is 2.36. The molecule has 0 spiro atoms. The van der Waals surface area contributed by atoms with E-state index in [0.29, 0.717) is 18.8 Å². The average molecular weight is 292 g/mol. The monoisotopic (exact) mass is 292 g/mol. The Balaban J connectivity index is 1.52. The molecule has 4 heteroatoms. The third-order valence-electron chi connectivity index (χ3n) is 4.29. The minimum Gasteiger partial charge on any atom is -0.373 e. The molecule has 20 heavy (non-hydrogen) atoms. The summed E-state index contributed by atoms with van der Waals surface area (Å²) in [6, 6.07) is 5.18. The zero-order valence-electron chi connectivity index (χ0n) is 12.3. The molecule has 110 valence electrons. The van der Waals surface area contributed by atoms with E-state index < -0.39 is 0 Å². The number of piperazine rings is 1.